The highest BCUT2D eigenvalue weighted by Gasteiger charge is 2.29. The maximum absolute atomic E-state index is 11.4. The summed E-state index contributed by atoms with van der Waals surface area (Å²) in [4.78, 5) is 0. The molecule has 24 heavy (non-hydrogen) atoms. The summed E-state index contributed by atoms with van der Waals surface area (Å²) in [5.41, 5.74) is -1.80. The lowest BCUT2D eigenvalue weighted by Gasteiger charge is -2.23. The Morgan fingerprint density at radius 3 is 1.88 bits per heavy atom. The maximum atomic E-state index is 11.4. The predicted molar refractivity (Wildman–Crippen MR) is 95.1 cm³/mol. The third kappa shape index (κ3) is 3.38. The molecular weight excluding hydrogens is 296 g/mol. The van der Waals surface area contributed by atoms with E-state index >= 15 is 0 Å². The Bertz CT molecular complexity index is 1070. The molecule has 0 bridgehead atoms. The van der Waals surface area contributed by atoms with Crippen LogP contribution in [0.3, 0.4) is 0 Å². The molecule has 1 atom stereocenters. The van der Waals surface area contributed by atoms with Gasteiger partial charge in [0.2, 0.25) is 0 Å². The van der Waals surface area contributed by atoms with Crippen molar-refractivity contribution in [2.75, 3.05) is 0 Å². The second-order valence-electron chi connectivity index (χ2n) is 5.04. The van der Waals surface area contributed by atoms with Gasteiger partial charge < -0.3 is 10.2 Å². The Morgan fingerprint density at radius 2 is 1.38 bits per heavy atom. The fourth-order valence-corrected chi connectivity index (χ4v) is 2.25. The van der Waals surface area contributed by atoms with E-state index in [1.807, 2.05) is 0 Å². The molecule has 0 amide bonds. The van der Waals surface area contributed by atoms with Gasteiger partial charge in [0, 0.05) is 11.1 Å². The fourth-order valence-electron chi connectivity index (χ4n) is 2.25. The summed E-state index contributed by atoms with van der Waals surface area (Å²) in [7, 11) is 0. The first-order chi connectivity index (χ1) is 14.1. The molecule has 0 heterocycles. The zero-order valence-electron chi connectivity index (χ0n) is 18.7. The summed E-state index contributed by atoms with van der Waals surface area (Å²) in [6, 6.07) is 13.4. The summed E-state index contributed by atoms with van der Waals surface area (Å²) in [5, 5.41) is 22.0. The molecule has 3 rings (SSSR count). The van der Waals surface area contributed by atoms with E-state index in [-0.39, 0.29) is 0 Å². The largest absolute Gasteiger partial charge is 0.376 e. The average molecular weight is 320 g/mol. The predicted octanol–water partition coefficient (Wildman–Crippen LogP) is 3.66. The van der Waals surface area contributed by atoms with E-state index in [2.05, 4.69) is 11.8 Å². The van der Waals surface area contributed by atoms with Crippen LogP contribution in [0.4, 0.5) is 0 Å². The molecule has 2 N–H and O–H groups in total. The Hall–Kier alpha value is -2.86. The monoisotopic (exact) mass is 320 g/mol. The van der Waals surface area contributed by atoms with Crippen molar-refractivity contribution in [1.82, 2.24) is 0 Å². The smallest absolute Gasteiger partial charge is 0.176 e. The van der Waals surface area contributed by atoms with E-state index in [0.717, 1.165) is 0 Å². The zero-order chi connectivity index (χ0) is 22.1. The van der Waals surface area contributed by atoms with E-state index in [1.54, 1.807) is 60.7 Å². The second-order valence-corrected chi connectivity index (χ2v) is 5.04. The van der Waals surface area contributed by atoms with E-state index in [4.69, 9.17) is 8.22 Å². The summed E-state index contributed by atoms with van der Waals surface area (Å²) < 4.78 is 47.3. The highest BCUT2D eigenvalue weighted by atomic mass is 16.3. The van der Waals surface area contributed by atoms with Gasteiger partial charge in [-0.25, -0.2) is 0 Å². The number of benzene rings is 3. The first-order valence-electron chi connectivity index (χ1n) is 10.3. The van der Waals surface area contributed by atoms with E-state index < -0.39 is 47.5 Å². The first-order valence-corrected chi connectivity index (χ1v) is 7.27. The van der Waals surface area contributed by atoms with Gasteiger partial charge in [0.15, 0.2) is 5.60 Å². The molecule has 0 spiro atoms. The van der Waals surface area contributed by atoms with Crippen LogP contribution in [0.5, 0.6) is 0 Å². The molecule has 0 aliphatic rings. The minimum Gasteiger partial charge on any atom is -0.376 e. The Morgan fingerprint density at radius 1 is 0.875 bits per heavy atom. The number of aliphatic hydroxyl groups is 2. The maximum Gasteiger partial charge on any atom is 0.176 e. The summed E-state index contributed by atoms with van der Waals surface area (Å²) in [5.74, 6) is 4.73. The zero-order valence-corrected chi connectivity index (χ0v) is 12.7. The minimum atomic E-state index is -2.86. The van der Waals surface area contributed by atoms with Crippen molar-refractivity contribution in [2.45, 2.75) is 11.7 Å². The third-order valence-corrected chi connectivity index (χ3v) is 3.48. The molecule has 0 aliphatic heterocycles. The van der Waals surface area contributed by atoms with Gasteiger partial charge in [-0.1, -0.05) is 103 Å². The second kappa shape index (κ2) is 7.14. The average Bonchev–Trinajstić information content (AvgIpc) is 2.76. The molecule has 2 nitrogen and oxygen atoms in total. The highest BCUT2D eigenvalue weighted by molar-refractivity contribution is 5.45. The van der Waals surface area contributed by atoms with Gasteiger partial charge in [0.1, 0.15) is 6.08 Å². The molecule has 118 valence electrons. The van der Waals surface area contributed by atoms with Crippen LogP contribution >= 0.6 is 0 Å². The molecule has 1 unspecified atom stereocenters. The van der Waals surface area contributed by atoms with Crippen LogP contribution in [-0.2, 0) is 5.60 Å². The van der Waals surface area contributed by atoms with Crippen molar-refractivity contribution in [2.24, 2.45) is 0 Å². The van der Waals surface area contributed by atoms with Crippen LogP contribution < -0.4 is 0 Å². The standard InChI is InChI=1S/C22H18O2/c23-21(18-10-4-1-5-11-18)16-17-22(24,19-12-6-2-7-13-19)20-14-8-3-9-15-20/h1-15,21,23-24H/i1D,4D,5D,10D,11D,21D. The Labute approximate surface area is 150 Å². The minimum absolute atomic E-state index is 0.389. The van der Waals surface area contributed by atoms with Crippen LogP contribution in [0.25, 0.3) is 0 Å². The molecule has 0 radical (unpaired) electrons. The highest BCUT2D eigenvalue weighted by Crippen LogP contribution is 2.29. The lowest BCUT2D eigenvalue weighted by Crippen LogP contribution is -2.25. The van der Waals surface area contributed by atoms with Gasteiger partial charge in [-0.3, -0.25) is 0 Å². The number of hydrogen-bond acceptors (Lipinski definition) is 2. The van der Waals surface area contributed by atoms with Crippen molar-refractivity contribution < 1.29 is 18.4 Å². The normalized spacial score (nSPS) is 16.9. The molecule has 0 aromatic heterocycles. The van der Waals surface area contributed by atoms with Crippen molar-refractivity contribution >= 4 is 0 Å². The van der Waals surface area contributed by atoms with Gasteiger partial charge in [-0.15, -0.1) is 0 Å². The summed E-state index contributed by atoms with van der Waals surface area (Å²) in [6.07, 6.45) is -2.86. The Balaban J connectivity index is 2.21. The van der Waals surface area contributed by atoms with E-state index in [1.165, 1.54) is 0 Å². The van der Waals surface area contributed by atoms with Gasteiger partial charge in [0.05, 0.1) is 8.22 Å². The first kappa shape index (κ1) is 10.1. The summed E-state index contributed by atoms with van der Waals surface area (Å²) >= 11 is 0. The SMILES string of the molecule is [2H]c1c([2H])c([2H])c(C([2H])(O)C#CC(O)(c2ccccc2)c2ccccc2)c([2H])c1[2H]. The van der Waals surface area contributed by atoms with Crippen molar-refractivity contribution in [3.63, 3.8) is 0 Å². The quantitative estimate of drug-likeness (QED) is 0.723. The Kier molecular flexibility index (Phi) is 3.01. The van der Waals surface area contributed by atoms with Gasteiger partial charge in [-0.05, 0) is 5.56 Å². The lowest BCUT2D eigenvalue weighted by atomic mass is 9.86. The molecule has 2 heteroatoms. The third-order valence-electron chi connectivity index (χ3n) is 3.48. The van der Waals surface area contributed by atoms with Gasteiger partial charge in [0.25, 0.3) is 0 Å². The topological polar surface area (TPSA) is 40.5 Å². The fraction of sp³-hybridized carbons (Fsp3) is 0.0909. The molecule has 0 aliphatic carbocycles. The van der Waals surface area contributed by atoms with Crippen molar-refractivity contribution in [3.05, 3.63) is 108 Å². The van der Waals surface area contributed by atoms with Crippen LogP contribution in [0.1, 0.15) is 31.0 Å². The van der Waals surface area contributed by atoms with Crippen LogP contribution in [-0.4, -0.2) is 10.2 Å². The van der Waals surface area contributed by atoms with Gasteiger partial charge >= 0.3 is 0 Å². The van der Waals surface area contributed by atoms with Crippen molar-refractivity contribution in [1.29, 1.82) is 0 Å². The van der Waals surface area contributed by atoms with Crippen LogP contribution in [0.15, 0.2) is 90.9 Å². The molecule has 0 saturated heterocycles. The van der Waals surface area contributed by atoms with Crippen LogP contribution in [0, 0.1) is 11.8 Å². The number of hydrogen-bond donors (Lipinski definition) is 2. The van der Waals surface area contributed by atoms with E-state index in [0.29, 0.717) is 11.1 Å². The van der Waals surface area contributed by atoms with E-state index in [9.17, 15) is 10.2 Å². The molecular formula is C22H18O2. The van der Waals surface area contributed by atoms with Crippen LogP contribution in [0.2, 0.25) is 0 Å². The summed E-state index contributed by atoms with van der Waals surface area (Å²) in [6.45, 7) is 0. The molecule has 0 fully saturated rings. The molecule has 0 saturated carbocycles. The molecule has 3 aromatic rings. The van der Waals surface area contributed by atoms with Crippen molar-refractivity contribution in [3.8, 4) is 11.8 Å². The lowest BCUT2D eigenvalue weighted by molar-refractivity contribution is 0.144. The van der Waals surface area contributed by atoms with Gasteiger partial charge in [-0.2, -0.15) is 0 Å². The number of rotatable bonds is 3. The molecule has 3 aromatic carbocycles.